The lowest BCUT2D eigenvalue weighted by Gasteiger charge is -2.39. The number of carbonyl (C=O) groups excluding carboxylic acids is 1. The van der Waals surface area contributed by atoms with E-state index < -0.39 is 0 Å². The Kier molecular flexibility index (Phi) is 5.98. The fourth-order valence-electron chi connectivity index (χ4n) is 3.09. The molecule has 2 aliphatic heterocycles. The monoisotopic (exact) mass is 285 g/mol. The number of thioether (sulfide) groups is 1. The highest BCUT2D eigenvalue weighted by Crippen LogP contribution is 2.20. The van der Waals surface area contributed by atoms with Gasteiger partial charge in [0.2, 0.25) is 5.91 Å². The summed E-state index contributed by atoms with van der Waals surface area (Å²) in [6.07, 6.45) is 4.20. The van der Waals surface area contributed by atoms with Gasteiger partial charge in [0.05, 0.1) is 0 Å². The van der Waals surface area contributed by atoms with Crippen LogP contribution >= 0.6 is 11.8 Å². The second-order valence-electron chi connectivity index (χ2n) is 5.70. The maximum atomic E-state index is 12.4. The molecule has 0 spiro atoms. The Morgan fingerprint density at radius 1 is 1.32 bits per heavy atom. The van der Waals surface area contributed by atoms with Crippen LogP contribution in [0.4, 0.5) is 0 Å². The summed E-state index contributed by atoms with van der Waals surface area (Å²) in [5.41, 5.74) is 5.92. The summed E-state index contributed by atoms with van der Waals surface area (Å²) in [4.78, 5) is 16.8. The van der Waals surface area contributed by atoms with E-state index in [1.807, 2.05) is 16.7 Å². The Bertz CT molecular complexity index is 294. The van der Waals surface area contributed by atoms with Gasteiger partial charge in [0.25, 0.3) is 0 Å². The van der Waals surface area contributed by atoms with Crippen molar-refractivity contribution in [2.24, 2.45) is 5.73 Å². The highest BCUT2D eigenvalue weighted by Gasteiger charge is 2.28. The number of nitrogens with two attached hydrogens (primary N) is 1. The van der Waals surface area contributed by atoms with Crippen molar-refractivity contribution in [1.29, 1.82) is 0 Å². The lowest BCUT2D eigenvalue weighted by molar-refractivity contribution is -0.133. The minimum atomic E-state index is 0.227. The van der Waals surface area contributed by atoms with E-state index >= 15 is 0 Å². The Balaban J connectivity index is 1.88. The van der Waals surface area contributed by atoms with Gasteiger partial charge in [-0.1, -0.05) is 0 Å². The molecule has 4 nitrogen and oxygen atoms in total. The van der Waals surface area contributed by atoms with Crippen molar-refractivity contribution >= 4 is 17.7 Å². The second-order valence-corrected chi connectivity index (χ2v) is 6.85. The number of likely N-dealkylation sites (tertiary alicyclic amines) is 1. The van der Waals surface area contributed by atoms with Gasteiger partial charge in [0, 0.05) is 56.2 Å². The van der Waals surface area contributed by atoms with Crippen molar-refractivity contribution < 1.29 is 4.79 Å². The first kappa shape index (κ1) is 15.1. The SMILES string of the molecule is CC1CSCCN1C(CN)CC(=O)N1CCCCC1. The molecule has 0 saturated carbocycles. The van der Waals surface area contributed by atoms with Gasteiger partial charge in [-0.05, 0) is 26.2 Å². The number of amides is 1. The van der Waals surface area contributed by atoms with Crippen LogP contribution < -0.4 is 5.73 Å². The summed E-state index contributed by atoms with van der Waals surface area (Å²) in [6, 6.07) is 0.770. The zero-order valence-corrected chi connectivity index (χ0v) is 12.8. The van der Waals surface area contributed by atoms with Crippen LogP contribution in [0, 0.1) is 0 Å². The number of piperidine rings is 1. The fraction of sp³-hybridized carbons (Fsp3) is 0.929. The van der Waals surface area contributed by atoms with Gasteiger partial charge in [0.1, 0.15) is 0 Å². The summed E-state index contributed by atoms with van der Waals surface area (Å²) in [5.74, 6) is 2.63. The molecule has 2 saturated heterocycles. The van der Waals surface area contributed by atoms with Crippen LogP contribution in [0.2, 0.25) is 0 Å². The predicted octanol–water partition coefficient (Wildman–Crippen LogP) is 1.15. The smallest absolute Gasteiger partial charge is 0.224 e. The molecule has 0 radical (unpaired) electrons. The Morgan fingerprint density at radius 2 is 2.05 bits per heavy atom. The molecular formula is C14H27N3OS. The van der Waals surface area contributed by atoms with Gasteiger partial charge in [-0.2, -0.15) is 11.8 Å². The molecule has 0 aliphatic carbocycles. The third-order valence-electron chi connectivity index (χ3n) is 4.28. The van der Waals surface area contributed by atoms with Gasteiger partial charge in [-0.25, -0.2) is 0 Å². The van der Waals surface area contributed by atoms with Crippen molar-refractivity contribution in [2.75, 3.05) is 37.7 Å². The lowest BCUT2D eigenvalue weighted by atomic mass is 10.1. The third kappa shape index (κ3) is 4.10. The van der Waals surface area contributed by atoms with Crippen molar-refractivity contribution in [3.8, 4) is 0 Å². The van der Waals surface area contributed by atoms with Gasteiger partial charge < -0.3 is 10.6 Å². The van der Waals surface area contributed by atoms with E-state index in [2.05, 4.69) is 11.8 Å². The lowest BCUT2D eigenvalue weighted by Crippen LogP contribution is -2.52. The normalized spacial score (nSPS) is 27.3. The van der Waals surface area contributed by atoms with E-state index in [0.29, 0.717) is 24.9 Å². The summed E-state index contributed by atoms with van der Waals surface area (Å²) in [7, 11) is 0. The standard InChI is InChI=1S/C14H27N3OS/c1-12-11-19-8-7-17(12)13(10-15)9-14(18)16-5-3-2-4-6-16/h12-13H,2-11,15H2,1H3. The van der Waals surface area contributed by atoms with Crippen LogP contribution in [0.25, 0.3) is 0 Å². The molecule has 0 aromatic carbocycles. The molecule has 2 N–H and O–H groups in total. The molecule has 5 heteroatoms. The van der Waals surface area contributed by atoms with Crippen molar-refractivity contribution in [3.05, 3.63) is 0 Å². The topological polar surface area (TPSA) is 49.6 Å². The highest BCUT2D eigenvalue weighted by atomic mass is 32.2. The summed E-state index contributed by atoms with van der Waals surface area (Å²) < 4.78 is 0. The van der Waals surface area contributed by atoms with Gasteiger partial charge >= 0.3 is 0 Å². The molecule has 2 aliphatic rings. The molecule has 110 valence electrons. The average Bonchev–Trinajstić information content (AvgIpc) is 2.46. The number of carbonyl (C=O) groups is 1. The van der Waals surface area contributed by atoms with E-state index in [4.69, 9.17) is 5.73 Å². The average molecular weight is 285 g/mol. The first-order valence-corrected chi connectivity index (χ1v) is 8.69. The molecule has 19 heavy (non-hydrogen) atoms. The number of hydrogen-bond acceptors (Lipinski definition) is 4. The highest BCUT2D eigenvalue weighted by molar-refractivity contribution is 7.99. The minimum Gasteiger partial charge on any atom is -0.343 e. The van der Waals surface area contributed by atoms with Crippen LogP contribution in [0.5, 0.6) is 0 Å². The number of rotatable bonds is 4. The van der Waals surface area contributed by atoms with E-state index in [1.54, 1.807) is 0 Å². The van der Waals surface area contributed by atoms with Crippen LogP contribution in [0.1, 0.15) is 32.6 Å². The predicted molar refractivity (Wildman–Crippen MR) is 81.4 cm³/mol. The summed E-state index contributed by atoms with van der Waals surface area (Å²) >= 11 is 2.00. The fourth-order valence-corrected chi connectivity index (χ4v) is 4.13. The molecule has 2 atom stereocenters. The first-order valence-electron chi connectivity index (χ1n) is 7.53. The van der Waals surface area contributed by atoms with Crippen LogP contribution in [-0.4, -0.2) is 65.5 Å². The zero-order valence-electron chi connectivity index (χ0n) is 12.0. The largest absolute Gasteiger partial charge is 0.343 e. The van der Waals surface area contributed by atoms with Crippen LogP contribution in [0.15, 0.2) is 0 Å². The van der Waals surface area contributed by atoms with Gasteiger partial charge in [-0.3, -0.25) is 9.69 Å². The summed E-state index contributed by atoms with van der Waals surface area (Å²) in [5, 5.41) is 0. The molecule has 0 bridgehead atoms. The molecule has 0 aromatic heterocycles. The molecule has 2 fully saturated rings. The number of nitrogens with zero attached hydrogens (tertiary/aromatic N) is 2. The summed E-state index contributed by atoms with van der Waals surface area (Å²) in [6.45, 7) is 5.80. The van der Waals surface area contributed by atoms with Crippen LogP contribution in [0.3, 0.4) is 0 Å². The van der Waals surface area contributed by atoms with Crippen molar-refractivity contribution in [3.63, 3.8) is 0 Å². The van der Waals surface area contributed by atoms with E-state index in [9.17, 15) is 4.79 Å². The van der Waals surface area contributed by atoms with E-state index in [0.717, 1.165) is 38.2 Å². The number of hydrogen-bond donors (Lipinski definition) is 1. The van der Waals surface area contributed by atoms with E-state index in [1.165, 1.54) is 12.2 Å². The second kappa shape index (κ2) is 7.50. The Labute approximate surface area is 121 Å². The third-order valence-corrected chi connectivity index (χ3v) is 5.47. The molecule has 0 aromatic rings. The quantitative estimate of drug-likeness (QED) is 0.842. The maximum Gasteiger partial charge on any atom is 0.224 e. The zero-order chi connectivity index (χ0) is 13.7. The van der Waals surface area contributed by atoms with Crippen LogP contribution in [-0.2, 0) is 4.79 Å². The van der Waals surface area contributed by atoms with Crippen molar-refractivity contribution in [2.45, 2.75) is 44.7 Å². The Hall–Kier alpha value is -0.260. The molecular weight excluding hydrogens is 258 g/mol. The molecule has 2 rings (SSSR count). The molecule has 2 heterocycles. The van der Waals surface area contributed by atoms with Gasteiger partial charge in [-0.15, -0.1) is 0 Å². The van der Waals surface area contributed by atoms with Gasteiger partial charge in [0.15, 0.2) is 0 Å². The first-order chi connectivity index (χ1) is 9.22. The molecule has 1 amide bonds. The van der Waals surface area contributed by atoms with E-state index in [-0.39, 0.29) is 6.04 Å². The molecule has 2 unspecified atom stereocenters. The minimum absolute atomic E-state index is 0.227. The maximum absolute atomic E-state index is 12.4. The van der Waals surface area contributed by atoms with Crippen molar-refractivity contribution in [1.82, 2.24) is 9.80 Å². The Morgan fingerprint density at radius 3 is 2.68 bits per heavy atom.